The second kappa shape index (κ2) is 7.22. The summed E-state index contributed by atoms with van der Waals surface area (Å²) in [5, 5.41) is 9.52. The van der Waals surface area contributed by atoms with Crippen LogP contribution in [0.15, 0.2) is 24.3 Å². The first kappa shape index (κ1) is 13.0. The summed E-state index contributed by atoms with van der Waals surface area (Å²) in [6.07, 6.45) is -0.606. The Bertz CT molecular complexity index is 304. The Labute approximate surface area is 96.0 Å². The molecule has 0 aromatic heterocycles. The molecular weight excluding hydrogens is 206 g/mol. The molecule has 0 bridgehead atoms. The van der Waals surface area contributed by atoms with Gasteiger partial charge in [-0.3, -0.25) is 0 Å². The van der Waals surface area contributed by atoms with Crippen LogP contribution in [0, 0.1) is 0 Å². The molecule has 0 saturated heterocycles. The molecule has 0 fully saturated rings. The number of ether oxygens (including phenoxy) is 2. The lowest BCUT2D eigenvalue weighted by atomic mass is 10.2. The topological polar surface area (TPSA) is 64.7 Å². The third-order valence-electron chi connectivity index (χ3n) is 2.14. The quantitative estimate of drug-likeness (QED) is 0.724. The zero-order valence-corrected chi connectivity index (χ0v) is 9.56. The minimum Gasteiger partial charge on any atom is -0.490 e. The average molecular weight is 225 g/mol. The van der Waals surface area contributed by atoms with Gasteiger partial charge in [-0.25, -0.2) is 0 Å². The van der Waals surface area contributed by atoms with Crippen molar-refractivity contribution in [1.29, 1.82) is 0 Å². The number of nitrogens with two attached hydrogens (primary N) is 1. The number of hydrogen-bond acceptors (Lipinski definition) is 4. The monoisotopic (exact) mass is 225 g/mol. The summed E-state index contributed by atoms with van der Waals surface area (Å²) in [5.41, 5.74) is 6.51. The molecule has 1 aromatic carbocycles. The molecule has 1 aromatic rings. The lowest BCUT2D eigenvalue weighted by Crippen LogP contribution is -2.23. The first-order valence-electron chi connectivity index (χ1n) is 5.44. The van der Waals surface area contributed by atoms with Gasteiger partial charge >= 0.3 is 0 Å². The van der Waals surface area contributed by atoms with Gasteiger partial charge in [0.2, 0.25) is 0 Å². The van der Waals surface area contributed by atoms with Crippen LogP contribution in [0.3, 0.4) is 0 Å². The van der Waals surface area contributed by atoms with Crippen molar-refractivity contribution < 1.29 is 14.6 Å². The highest BCUT2D eigenvalue weighted by Gasteiger charge is 2.06. The van der Waals surface area contributed by atoms with E-state index in [1.54, 1.807) is 0 Å². The molecule has 0 aliphatic heterocycles. The van der Waals surface area contributed by atoms with Crippen molar-refractivity contribution in [3.05, 3.63) is 29.8 Å². The fourth-order valence-electron chi connectivity index (χ4n) is 1.30. The van der Waals surface area contributed by atoms with Crippen LogP contribution in [-0.4, -0.2) is 31.0 Å². The van der Waals surface area contributed by atoms with Gasteiger partial charge in [0.25, 0.3) is 0 Å². The van der Waals surface area contributed by atoms with E-state index in [9.17, 15) is 5.11 Å². The van der Waals surface area contributed by atoms with Gasteiger partial charge in [-0.2, -0.15) is 0 Å². The minimum atomic E-state index is -0.606. The average Bonchev–Trinajstić information content (AvgIpc) is 2.34. The van der Waals surface area contributed by atoms with E-state index < -0.39 is 6.10 Å². The van der Waals surface area contributed by atoms with Crippen molar-refractivity contribution in [1.82, 2.24) is 0 Å². The van der Waals surface area contributed by atoms with Crippen molar-refractivity contribution in [3.63, 3.8) is 0 Å². The van der Waals surface area contributed by atoms with Crippen LogP contribution in [0.5, 0.6) is 5.75 Å². The molecule has 4 heteroatoms. The first-order valence-corrected chi connectivity index (χ1v) is 5.44. The van der Waals surface area contributed by atoms with Gasteiger partial charge in [0.1, 0.15) is 18.5 Å². The zero-order chi connectivity index (χ0) is 11.8. The Morgan fingerprint density at radius 2 is 2.06 bits per heavy atom. The third-order valence-corrected chi connectivity index (χ3v) is 2.14. The highest BCUT2D eigenvalue weighted by Crippen LogP contribution is 2.17. The molecule has 0 saturated carbocycles. The molecule has 0 amide bonds. The molecule has 0 radical (unpaired) electrons. The summed E-state index contributed by atoms with van der Waals surface area (Å²) in [5.74, 6) is 0.723. The van der Waals surface area contributed by atoms with Crippen LogP contribution < -0.4 is 10.5 Å². The van der Waals surface area contributed by atoms with E-state index in [4.69, 9.17) is 15.2 Å². The molecule has 1 atom stereocenters. The van der Waals surface area contributed by atoms with Gasteiger partial charge in [-0.15, -0.1) is 0 Å². The van der Waals surface area contributed by atoms with Crippen molar-refractivity contribution >= 4 is 0 Å². The molecule has 1 unspecified atom stereocenters. The number of benzene rings is 1. The molecule has 4 nitrogen and oxygen atoms in total. The van der Waals surface area contributed by atoms with Crippen molar-refractivity contribution in [3.8, 4) is 5.75 Å². The molecule has 1 rings (SSSR count). The van der Waals surface area contributed by atoms with Crippen LogP contribution in [0.4, 0.5) is 0 Å². The summed E-state index contributed by atoms with van der Waals surface area (Å²) in [6, 6.07) is 7.54. The largest absolute Gasteiger partial charge is 0.490 e. The second-order valence-corrected chi connectivity index (χ2v) is 3.44. The minimum absolute atomic E-state index is 0.219. The second-order valence-electron chi connectivity index (χ2n) is 3.44. The van der Waals surface area contributed by atoms with Gasteiger partial charge in [0.05, 0.1) is 6.61 Å². The maximum absolute atomic E-state index is 9.52. The SMILES string of the molecule is CCOCC(O)COc1ccccc1CN. The van der Waals surface area contributed by atoms with E-state index in [0.717, 1.165) is 11.3 Å². The summed E-state index contributed by atoms with van der Waals surface area (Å²) in [4.78, 5) is 0. The van der Waals surface area contributed by atoms with E-state index >= 15 is 0 Å². The van der Waals surface area contributed by atoms with Crippen LogP contribution in [0.1, 0.15) is 12.5 Å². The Morgan fingerprint density at radius 1 is 1.31 bits per heavy atom. The van der Waals surface area contributed by atoms with Crippen molar-refractivity contribution in [2.45, 2.75) is 19.6 Å². The number of aliphatic hydroxyl groups is 1. The van der Waals surface area contributed by atoms with Gasteiger partial charge in [0.15, 0.2) is 0 Å². The van der Waals surface area contributed by atoms with Gasteiger partial charge < -0.3 is 20.3 Å². The smallest absolute Gasteiger partial charge is 0.123 e. The van der Waals surface area contributed by atoms with E-state index in [0.29, 0.717) is 19.8 Å². The van der Waals surface area contributed by atoms with Crippen molar-refractivity contribution in [2.24, 2.45) is 5.73 Å². The van der Waals surface area contributed by atoms with Gasteiger partial charge in [-0.05, 0) is 13.0 Å². The number of aliphatic hydroxyl groups excluding tert-OH is 1. The molecule has 16 heavy (non-hydrogen) atoms. The summed E-state index contributed by atoms with van der Waals surface area (Å²) >= 11 is 0. The maximum atomic E-state index is 9.52. The predicted molar refractivity (Wildman–Crippen MR) is 62.3 cm³/mol. The number of rotatable bonds is 7. The summed E-state index contributed by atoms with van der Waals surface area (Å²) in [6.45, 7) is 3.42. The van der Waals surface area contributed by atoms with Crippen molar-refractivity contribution in [2.75, 3.05) is 19.8 Å². The van der Waals surface area contributed by atoms with Gasteiger partial charge in [-0.1, -0.05) is 18.2 Å². The Hall–Kier alpha value is -1.10. The molecule has 0 aliphatic carbocycles. The van der Waals surface area contributed by atoms with Gasteiger partial charge in [0, 0.05) is 18.7 Å². The predicted octanol–water partition coefficient (Wildman–Crippen LogP) is 0.922. The van der Waals surface area contributed by atoms with Crippen LogP contribution >= 0.6 is 0 Å². The highest BCUT2D eigenvalue weighted by molar-refractivity contribution is 5.32. The number of para-hydroxylation sites is 1. The molecule has 0 heterocycles. The fourth-order valence-corrected chi connectivity index (χ4v) is 1.30. The van der Waals surface area contributed by atoms with E-state index in [1.165, 1.54) is 0 Å². The first-order chi connectivity index (χ1) is 7.77. The Morgan fingerprint density at radius 3 is 2.75 bits per heavy atom. The molecule has 0 spiro atoms. The molecular formula is C12H19NO3. The normalized spacial score (nSPS) is 12.4. The van der Waals surface area contributed by atoms with Crippen LogP contribution in [0.2, 0.25) is 0 Å². The number of hydrogen-bond donors (Lipinski definition) is 2. The maximum Gasteiger partial charge on any atom is 0.123 e. The summed E-state index contributed by atoms with van der Waals surface area (Å²) in [7, 11) is 0. The molecule has 90 valence electrons. The lowest BCUT2D eigenvalue weighted by molar-refractivity contribution is 0.0162. The van der Waals surface area contributed by atoms with Crippen LogP contribution in [-0.2, 0) is 11.3 Å². The van der Waals surface area contributed by atoms with E-state index in [1.807, 2.05) is 31.2 Å². The van der Waals surface area contributed by atoms with E-state index in [-0.39, 0.29) is 6.61 Å². The Balaban J connectivity index is 2.41. The highest BCUT2D eigenvalue weighted by atomic mass is 16.5. The molecule has 3 N–H and O–H groups in total. The molecule has 0 aliphatic rings. The fraction of sp³-hybridized carbons (Fsp3) is 0.500. The lowest BCUT2D eigenvalue weighted by Gasteiger charge is -2.14. The summed E-state index contributed by atoms with van der Waals surface area (Å²) < 4.78 is 10.6. The Kier molecular flexibility index (Phi) is 5.85. The van der Waals surface area contributed by atoms with E-state index in [2.05, 4.69) is 0 Å². The zero-order valence-electron chi connectivity index (χ0n) is 9.56. The van der Waals surface area contributed by atoms with Crippen LogP contribution in [0.25, 0.3) is 0 Å². The standard InChI is InChI=1S/C12H19NO3/c1-2-15-8-11(14)9-16-12-6-4-3-5-10(12)7-13/h3-6,11,14H,2,7-9,13H2,1H3. The third kappa shape index (κ3) is 4.18.